The topological polar surface area (TPSA) is 110 Å². The van der Waals surface area contributed by atoms with Gasteiger partial charge in [-0.15, -0.1) is 0 Å². The summed E-state index contributed by atoms with van der Waals surface area (Å²) in [5, 5.41) is 18.3. The number of nitrogens with zero attached hydrogens (tertiary/aromatic N) is 3. The Kier molecular flexibility index (Phi) is 3.70. The molecule has 0 aliphatic carbocycles. The summed E-state index contributed by atoms with van der Waals surface area (Å²) < 4.78 is 1.69. The molecule has 0 radical (unpaired) electrons. The first-order chi connectivity index (χ1) is 12.6. The van der Waals surface area contributed by atoms with E-state index in [2.05, 4.69) is 15.2 Å². The number of fused-ring (bicyclic) bond motifs is 1. The smallest absolute Gasteiger partial charge is 0.269 e. The number of ketones is 1. The number of carbonyl (C=O) groups excluding carboxylic acids is 1. The summed E-state index contributed by atoms with van der Waals surface area (Å²) in [7, 11) is 0. The van der Waals surface area contributed by atoms with Gasteiger partial charge in [-0.1, -0.05) is 18.2 Å². The molecule has 2 aromatic carbocycles. The Labute approximate surface area is 151 Å². The van der Waals surface area contributed by atoms with Crippen molar-refractivity contribution in [2.75, 3.05) is 0 Å². The monoisotopic (exact) mass is 365 g/mol. The molecule has 4 rings (SSSR count). The molecule has 0 amide bonds. The van der Waals surface area contributed by atoms with Crippen molar-refractivity contribution >= 4 is 34.6 Å². The van der Waals surface area contributed by atoms with Crippen molar-refractivity contribution in [3.05, 3.63) is 81.0 Å². The average Bonchev–Trinajstić information content (AvgIpc) is 3.25. The lowest BCUT2D eigenvalue weighted by molar-refractivity contribution is -0.384. The number of H-pyrrole nitrogens is 2. The van der Waals surface area contributed by atoms with Gasteiger partial charge in [-0.3, -0.25) is 24.6 Å². The average molecular weight is 365 g/mol. The van der Waals surface area contributed by atoms with Crippen molar-refractivity contribution in [2.24, 2.45) is 0 Å². The third-order valence-corrected chi connectivity index (χ3v) is 4.30. The molecule has 0 aliphatic rings. The number of hydrogen-bond donors (Lipinski definition) is 2. The molecule has 9 heteroatoms. The Balaban J connectivity index is 1.82. The number of non-ortho nitro benzene ring substituents is 1. The highest BCUT2D eigenvalue weighted by molar-refractivity contribution is 7.71. The van der Waals surface area contributed by atoms with Crippen molar-refractivity contribution < 1.29 is 9.72 Å². The minimum absolute atomic E-state index is 0.0479. The van der Waals surface area contributed by atoms with Crippen LogP contribution in [0.5, 0.6) is 0 Å². The van der Waals surface area contributed by atoms with E-state index in [1.807, 2.05) is 24.3 Å². The molecule has 0 aliphatic heterocycles. The standard InChI is InChI=1S/C17H11N5O3S/c23-15(13-9-18-14-4-2-1-3-12(13)14)16-19-20-17(26)21(16)10-5-7-11(8-6-10)22(24)25/h1-9,18H,(H,20,26). The minimum atomic E-state index is -0.490. The van der Waals surface area contributed by atoms with E-state index in [9.17, 15) is 14.9 Å². The number of aromatic nitrogens is 4. The highest BCUT2D eigenvalue weighted by Gasteiger charge is 2.21. The molecule has 8 nitrogen and oxygen atoms in total. The van der Waals surface area contributed by atoms with Gasteiger partial charge >= 0.3 is 0 Å². The van der Waals surface area contributed by atoms with Crippen LogP contribution in [0, 0.1) is 14.9 Å². The van der Waals surface area contributed by atoms with Crippen LogP contribution in [0.1, 0.15) is 16.2 Å². The molecule has 2 aromatic heterocycles. The van der Waals surface area contributed by atoms with E-state index in [1.165, 1.54) is 28.8 Å². The zero-order valence-electron chi connectivity index (χ0n) is 13.2. The van der Waals surface area contributed by atoms with Gasteiger partial charge in [-0.2, -0.15) is 5.10 Å². The second-order valence-corrected chi connectivity index (χ2v) is 5.93. The largest absolute Gasteiger partial charge is 0.360 e. The van der Waals surface area contributed by atoms with E-state index in [1.54, 1.807) is 6.20 Å². The van der Waals surface area contributed by atoms with Crippen LogP contribution in [0.2, 0.25) is 0 Å². The lowest BCUT2D eigenvalue weighted by Gasteiger charge is -2.05. The fourth-order valence-electron chi connectivity index (χ4n) is 2.79. The lowest BCUT2D eigenvalue weighted by atomic mass is 10.1. The van der Waals surface area contributed by atoms with E-state index in [-0.39, 0.29) is 22.1 Å². The third kappa shape index (κ3) is 2.50. The van der Waals surface area contributed by atoms with E-state index in [4.69, 9.17) is 12.2 Å². The fourth-order valence-corrected chi connectivity index (χ4v) is 3.03. The summed E-state index contributed by atoms with van der Waals surface area (Å²) in [6.45, 7) is 0. The van der Waals surface area contributed by atoms with Crippen LogP contribution in [0.3, 0.4) is 0 Å². The van der Waals surface area contributed by atoms with Gasteiger partial charge < -0.3 is 4.98 Å². The first-order valence-corrected chi connectivity index (χ1v) is 8.00. The number of hydrogen-bond acceptors (Lipinski definition) is 5. The molecule has 0 atom stereocenters. The Bertz CT molecular complexity index is 1200. The SMILES string of the molecule is O=C(c1c[nH]c2ccccc12)c1n[nH]c(=S)n1-c1ccc([N+](=O)[O-])cc1. The maximum atomic E-state index is 13.0. The highest BCUT2D eigenvalue weighted by Crippen LogP contribution is 2.22. The molecule has 2 N–H and O–H groups in total. The maximum Gasteiger partial charge on any atom is 0.269 e. The summed E-state index contributed by atoms with van der Waals surface area (Å²) in [5.74, 6) is -0.207. The van der Waals surface area contributed by atoms with Crippen molar-refractivity contribution in [1.29, 1.82) is 0 Å². The number of nitro benzene ring substituents is 1. The van der Waals surface area contributed by atoms with E-state index < -0.39 is 4.92 Å². The first kappa shape index (κ1) is 15.9. The van der Waals surface area contributed by atoms with E-state index in [0.717, 1.165) is 10.9 Å². The summed E-state index contributed by atoms with van der Waals surface area (Å²) in [6.07, 6.45) is 1.63. The van der Waals surface area contributed by atoms with E-state index in [0.29, 0.717) is 11.3 Å². The number of aromatic amines is 2. The summed E-state index contributed by atoms with van der Waals surface area (Å²) in [5.41, 5.74) is 1.77. The third-order valence-electron chi connectivity index (χ3n) is 4.03. The Hall–Kier alpha value is -3.59. The van der Waals surface area contributed by atoms with Crippen molar-refractivity contribution in [1.82, 2.24) is 19.7 Å². The van der Waals surface area contributed by atoms with Gasteiger partial charge in [0.25, 0.3) is 5.69 Å². The molecular weight excluding hydrogens is 354 g/mol. The molecule has 0 saturated heterocycles. The maximum absolute atomic E-state index is 13.0. The summed E-state index contributed by atoms with van der Waals surface area (Å²) >= 11 is 5.23. The first-order valence-electron chi connectivity index (χ1n) is 7.59. The second-order valence-electron chi connectivity index (χ2n) is 5.54. The van der Waals surface area contributed by atoms with Crippen LogP contribution in [-0.2, 0) is 0 Å². The molecule has 0 bridgehead atoms. The molecule has 0 saturated carbocycles. The van der Waals surface area contributed by atoms with Gasteiger partial charge in [0.05, 0.1) is 16.2 Å². The molecule has 2 heterocycles. The summed E-state index contributed by atoms with van der Waals surface area (Å²) in [6, 6.07) is 13.2. The molecule has 0 spiro atoms. The number of rotatable bonds is 4. The van der Waals surface area contributed by atoms with Gasteiger partial charge in [-0.25, -0.2) is 0 Å². The number of carbonyl (C=O) groups is 1. The lowest BCUT2D eigenvalue weighted by Crippen LogP contribution is -2.10. The molecule has 26 heavy (non-hydrogen) atoms. The van der Waals surface area contributed by atoms with Gasteiger partial charge in [0.2, 0.25) is 11.6 Å². The zero-order valence-corrected chi connectivity index (χ0v) is 14.0. The minimum Gasteiger partial charge on any atom is -0.360 e. The normalized spacial score (nSPS) is 10.9. The Morgan fingerprint density at radius 2 is 1.88 bits per heavy atom. The van der Waals surface area contributed by atoms with Crippen molar-refractivity contribution in [3.8, 4) is 5.69 Å². The number of benzene rings is 2. The highest BCUT2D eigenvalue weighted by atomic mass is 32.1. The van der Waals surface area contributed by atoms with Crippen molar-refractivity contribution in [3.63, 3.8) is 0 Å². The summed E-state index contributed by atoms with van der Waals surface area (Å²) in [4.78, 5) is 26.4. The number of para-hydroxylation sites is 1. The second kappa shape index (κ2) is 6.05. The predicted octanol–water partition coefficient (Wildman–Crippen LogP) is 3.55. The Morgan fingerprint density at radius 3 is 2.62 bits per heavy atom. The van der Waals surface area contributed by atoms with Gasteiger partial charge in [-0.05, 0) is 30.4 Å². The number of nitro groups is 1. The van der Waals surface area contributed by atoms with Crippen molar-refractivity contribution in [2.45, 2.75) is 0 Å². The van der Waals surface area contributed by atoms with Gasteiger partial charge in [0, 0.05) is 29.2 Å². The molecule has 128 valence electrons. The quantitative estimate of drug-likeness (QED) is 0.249. The van der Waals surface area contributed by atoms with Gasteiger partial charge in [0.15, 0.2) is 4.77 Å². The molecule has 0 fully saturated rings. The van der Waals surface area contributed by atoms with Crippen LogP contribution in [-0.4, -0.2) is 30.5 Å². The molecule has 4 aromatic rings. The fraction of sp³-hybridized carbons (Fsp3) is 0. The zero-order chi connectivity index (χ0) is 18.3. The van der Waals surface area contributed by atoms with E-state index >= 15 is 0 Å². The molecular formula is C17H11N5O3S. The van der Waals surface area contributed by atoms with Crippen LogP contribution >= 0.6 is 12.2 Å². The van der Waals surface area contributed by atoms with Crippen LogP contribution < -0.4 is 0 Å². The predicted molar refractivity (Wildman–Crippen MR) is 97.1 cm³/mol. The Morgan fingerprint density at radius 1 is 1.15 bits per heavy atom. The molecule has 0 unspecified atom stereocenters. The van der Waals surface area contributed by atoms with Crippen LogP contribution in [0.4, 0.5) is 5.69 Å². The van der Waals surface area contributed by atoms with Crippen LogP contribution in [0.15, 0.2) is 54.7 Å². The number of nitrogens with one attached hydrogen (secondary N) is 2. The van der Waals surface area contributed by atoms with Gasteiger partial charge in [0.1, 0.15) is 0 Å². The van der Waals surface area contributed by atoms with Crippen LogP contribution in [0.25, 0.3) is 16.6 Å².